The van der Waals surface area contributed by atoms with E-state index in [0.717, 1.165) is 38.4 Å². The number of rotatable bonds is 5. The Morgan fingerprint density at radius 1 is 0.966 bits per heavy atom. The molecule has 2 aromatic carbocycles. The van der Waals surface area contributed by atoms with E-state index in [9.17, 15) is 9.90 Å². The molecule has 1 aliphatic heterocycles. The molecule has 1 aliphatic rings. The molecule has 3 rings (SSSR count). The lowest BCUT2D eigenvalue weighted by atomic mass is 9.87. The molecule has 1 saturated heterocycles. The fourth-order valence-electron chi connectivity index (χ4n) is 3.78. The van der Waals surface area contributed by atoms with Gasteiger partial charge in [-0.1, -0.05) is 45.0 Å². The van der Waals surface area contributed by atoms with Crippen LogP contribution in [0, 0.1) is 0 Å². The number of phenolic OH excluding ortho intramolecular Hbond substituents is 1. The molecule has 156 valence electrons. The summed E-state index contributed by atoms with van der Waals surface area (Å²) in [4.78, 5) is 18.2. The van der Waals surface area contributed by atoms with Gasteiger partial charge in [0.1, 0.15) is 12.3 Å². The van der Waals surface area contributed by atoms with Gasteiger partial charge < -0.3 is 19.8 Å². The Balaban J connectivity index is 1.47. The topological polar surface area (TPSA) is 48.2 Å². The second-order valence-electron chi connectivity index (χ2n) is 9.14. The minimum absolute atomic E-state index is 0.162. The van der Waals surface area contributed by atoms with E-state index in [-0.39, 0.29) is 17.1 Å². The van der Waals surface area contributed by atoms with Crippen molar-refractivity contribution in [2.75, 3.05) is 44.7 Å². The van der Waals surface area contributed by atoms with Crippen LogP contribution < -0.4 is 9.80 Å². The fraction of sp³-hybridized carbons (Fsp3) is 0.458. The lowest BCUT2D eigenvalue weighted by molar-refractivity contribution is -0.885. The summed E-state index contributed by atoms with van der Waals surface area (Å²) < 4.78 is 0. The van der Waals surface area contributed by atoms with Crippen molar-refractivity contribution in [2.45, 2.75) is 32.7 Å². The standard InChI is InChI=1S/C24H33N3O2/c1-24(2,3)20-7-5-19(6-8-20)17-25(4)18-23(29)27-15-13-26(14-16-27)21-9-11-22(28)12-10-21/h5-12,28H,13-18H2,1-4H3/p+1. The van der Waals surface area contributed by atoms with E-state index in [1.54, 1.807) is 12.1 Å². The minimum Gasteiger partial charge on any atom is -0.508 e. The highest BCUT2D eigenvalue weighted by Gasteiger charge is 2.23. The lowest BCUT2D eigenvalue weighted by Gasteiger charge is -2.36. The normalized spacial score (nSPS) is 16.0. The van der Waals surface area contributed by atoms with Crippen LogP contribution in [-0.4, -0.2) is 55.7 Å². The van der Waals surface area contributed by atoms with Crippen LogP contribution in [0.5, 0.6) is 5.75 Å². The van der Waals surface area contributed by atoms with E-state index in [4.69, 9.17) is 0 Å². The number of benzene rings is 2. The number of hydrogen-bond acceptors (Lipinski definition) is 3. The van der Waals surface area contributed by atoms with Crippen LogP contribution in [-0.2, 0) is 16.8 Å². The molecule has 0 spiro atoms. The lowest BCUT2D eigenvalue weighted by Crippen LogP contribution is -3.09. The first-order chi connectivity index (χ1) is 13.7. The van der Waals surface area contributed by atoms with Gasteiger partial charge in [-0.3, -0.25) is 4.79 Å². The Bertz CT molecular complexity index is 802. The maximum atomic E-state index is 12.7. The number of nitrogens with zero attached hydrogens (tertiary/aromatic N) is 2. The number of likely N-dealkylation sites (N-methyl/N-ethyl adjacent to an activating group) is 1. The molecule has 0 aliphatic carbocycles. The monoisotopic (exact) mass is 396 g/mol. The molecule has 29 heavy (non-hydrogen) atoms. The molecular weight excluding hydrogens is 362 g/mol. The zero-order valence-electron chi connectivity index (χ0n) is 18.1. The van der Waals surface area contributed by atoms with Crippen LogP contribution in [0.4, 0.5) is 5.69 Å². The molecule has 1 heterocycles. The number of carbonyl (C=O) groups excluding carboxylic acids is 1. The zero-order chi connectivity index (χ0) is 21.0. The summed E-state index contributed by atoms with van der Waals surface area (Å²) in [5, 5.41) is 9.43. The predicted octanol–water partition coefficient (Wildman–Crippen LogP) is 2.05. The average molecular weight is 397 g/mol. The van der Waals surface area contributed by atoms with E-state index in [1.807, 2.05) is 17.0 Å². The second kappa shape index (κ2) is 8.87. The smallest absolute Gasteiger partial charge is 0.277 e. The Hall–Kier alpha value is -2.53. The van der Waals surface area contributed by atoms with Crippen molar-refractivity contribution in [3.8, 4) is 5.75 Å². The van der Waals surface area contributed by atoms with Gasteiger partial charge in [0.05, 0.1) is 7.05 Å². The van der Waals surface area contributed by atoms with Gasteiger partial charge in [0.15, 0.2) is 6.54 Å². The molecular formula is C24H34N3O2+. The predicted molar refractivity (Wildman–Crippen MR) is 117 cm³/mol. The van der Waals surface area contributed by atoms with Crippen molar-refractivity contribution in [2.24, 2.45) is 0 Å². The Morgan fingerprint density at radius 3 is 2.10 bits per heavy atom. The number of hydrogen-bond donors (Lipinski definition) is 2. The van der Waals surface area contributed by atoms with Gasteiger partial charge in [0, 0.05) is 37.4 Å². The molecule has 1 fully saturated rings. The van der Waals surface area contributed by atoms with Gasteiger partial charge in [-0.15, -0.1) is 0 Å². The molecule has 0 radical (unpaired) electrons. The summed E-state index contributed by atoms with van der Waals surface area (Å²) >= 11 is 0. The molecule has 5 heteroatoms. The number of phenols is 1. The van der Waals surface area contributed by atoms with Gasteiger partial charge in [-0.05, 0) is 35.2 Å². The van der Waals surface area contributed by atoms with Crippen molar-refractivity contribution in [1.29, 1.82) is 0 Å². The summed E-state index contributed by atoms with van der Waals surface area (Å²) in [6, 6.07) is 16.0. The van der Waals surface area contributed by atoms with Crippen molar-refractivity contribution in [3.63, 3.8) is 0 Å². The third-order valence-corrected chi connectivity index (χ3v) is 5.63. The highest BCUT2D eigenvalue weighted by molar-refractivity contribution is 5.77. The van der Waals surface area contributed by atoms with E-state index < -0.39 is 0 Å². The maximum absolute atomic E-state index is 12.7. The number of carbonyl (C=O) groups is 1. The summed E-state index contributed by atoms with van der Waals surface area (Å²) in [7, 11) is 2.09. The average Bonchev–Trinajstić information content (AvgIpc) is 2.68. The molecule has 0 aromatic heterocycles. The Morgan fingerprint density at radius 2 is 1.55 bits per heavy atom. The number of quaternary nitrogens is 1. The van der Waals surface area contributed by atoms with Gasteiger partial charge in [0.2, 0.25) is 0 Å². The van der Waals surface area contributed by atoms with Gasteiger partial charge in [0.25, 0.3) is 5.91 Å². The number of anilines is 1. The first-order valence-electron chi connectivity index (χ1n) is 10.4. The van der Waals surface area contributed by atoms with E-state index in [2.05, 4.69) is 57.0 Å². The van der Waals surface area contributed by atoms with Crippen LogP contribution >= 0.6 is 0 Å². The van der Waals surface area contributed by atoms with Crippen LogP contribution in [0.1, 0.15) is 31.9 Å². The molecule has 2 N–H and O–H groups in total. The van der Waals surface area contributed by atoms with E-state index in [0.29, 0.717) is 6.54 Å². The summed E-state index contributed by atoms with van der Waals surface area (Å²) in [5.74, 6) is 0.501. The molecule has 2 aromatic rings. The molecule has 1 unspecified atom stereocenters. The number of amides is 1. The highest BCUT2D eigenvalue weighted by Crippen LogP contribution is 2.22. The minimum atomic E-state index is 0.162. The van der Waals surface area contributed by atoms with Crippen molar-refractivity contribution >= 4 is 11.6 Å². The molecule has 5 nitrogen and oxygen atoms in total. The zero-order valence-corrected chi connectivity index (χ0v) is 18.1. The number of aromatic hydroxyl groups is 1. The third-order valence-electron chi connectivity index (χ3n) is 5.63. The largest absolute Gasteiger partial charge is 0.508 e. The summed E-state index contributed by atoms with van der Waals surface area (Å²) in [6.45, 7) is 11.2. The van der Waals surface area contributed by atoms with Gasteiger partial charge in [-0.2, -0.15) is 0 Å². The maximum Gasteiger partial charge on any atom is 0.277 e. The van der Waals surface area contributed by atoms with Gasteiger partial charge >= 0.3 is 0 Å². The van der Waals surface area contributed by atoms with Crippen molar-refractivity contribution in [1.82, 2.24) is 4.90 Å². The van der Waals surface area contributed by atoms with Gasteiger partial charge in [-0.25, -0.2) is 0 Å². The van der Waals surface area contributed by atoms with Crippen molar-refractivity contribution < 1.29 is 14.8 Å². The first kappa shape index (κ1) is 21.2. The summed E-state index contributed by atoms with van der Waals surface area (Å²) in [5.41, 5.74) is 3.86. The third kappa shape index (κ3) is 5.73. The van der Waals surface area contributed by atoms with Crippen LogP contribution in [0.2, 0.25) is 0 Å². The fourth-order valence-corrected chi connectivity index (χ4v) is 3.78. The van der Waals surface area contributed by atoms with E-state index in [1.165, 1.54) is 16.0 Å². The molecule has 0 saturated carbocycles. The molecule has 1 atom stereocenters. The van der Waals surface area contributed by atoms with Crippen LogP contribution in [0.25, 0.3) is 0 Å². The molecule has 1 amide bonds. The van der Waals surface area contributed by atoms with E-state index >= 15 is 0 Å². The molecule has 0 bridgehead atoms. The highest BCUT2D eigenvalue weighted by atomic mass is 16.3. The number of nitrogens with one attached hydrogen (secondary N) is 1. The summed E-state index contributed by atoms with van der Waals surface area (Å²) in [6.07, 6.45) is 0. The Kier molecular flexibility index (Phi) is 6.48. The first-order valence-corrected chi connectivity index (χ1v) is 10.4. The quantitative estimate of drug-likeness (QED) is 0.813. The second-order valence-corrected chi connectivity index (χ2v) is 9.14. The number of piperazine rings is 1. The Labute approximate surface area is 174 Å². The van der Waals surface area contributed by atoms with Crippen LogP contribution in [0.15, 0.2) is 48.5 Å². The van der Waals surface area contributed by atoms with Crippen molar-refractivity contribution in [3.05, 3.63) is 59.7 Å². The van der Waals surface area contributed by atoms with Crippen LogP contribution in [0.3, 0.4) is 0 Å². The SMILES string of the molecule is C[NH+](CC(=O)N1CCN(c2ccc(O)cc2)CC1)Cc1ccc(C(C)(C)C)cc1.